The van der Waals surface area contributed by atoms with Crippen LogP contribution < -0.4 is 5.32 Å². The average molecular weight is 268 g/mol. The molecule has 0 aromatic carbocycles. The molecular weight excluding hydrogens is 252 g/mol. The monoisotopic (exact) mass is 268 g/mol. The zero-order valence-electron chi connectivity index (χ0n) is 11.4. The second-order valence-electron chi connectivity index (χ2n) is 4.81. The molecule has 20 heavy (non-hydrogen) atoms. The van der Waals surface area contributed by atoms with Crippen molar-refractivity contribution in [3.8, 4) is 6.07 Å². The summed E-state index contributed by atoms with van der Waals surface area (Å²) in [7, 11) is 0. The molecule has 0 spiro atoms. The summed E-state index contributed by atoms with van der Waals surface area (Å²) >= 11 is 0. The quantitative estimate of drug-likeness (QED) is 0.921. The minimum atomic E-state index is 0.0681. The second-order valence-corrected chi connectivity index (χ2v) is 4.81. The van der Waals surface area contributed by atoms with Gasteiger partial charge in [-0.25, -0.2) is 14.6 Å². The van der Waals surface area contributed by atoms with Gasteiger partial charge in [-0.15, -0.1) is 0 Å². The Balaban J connectivity index is 1.90. The van der Waals surface area contributed by atoms with Gasteiger partial charge in [0, 0.05) is 19.2 Å². The van der Waals surface area contributed by atoms with Gasteiger partial charge < -0.3 is 5.32 Å². The molecule has 1 aliphatic heterocycles. The maximum Gasteiger partial charge on any atom is 0.150 e. The fraction of sp³-hybridized carbons (Fsp3) is 0.429. The van der Waals surface area contributed by atoms with Gasteiger partial charge in [-0.2, -0.15) is 10.4 Å². The minimum Gasteiger partial charge on any atom is -0.359 e. The number of aromatic nitrogens is 4. The highest BCUT2D eigenvalue weighted by molar-refractivity contribution is 5.52. The summed E-state index contributed by atoms with van der Waals surface area (Å²) in [4.78, 5) is 8.83. The molecule has 2 aromatic rings. The molecule has 0 saturated carbocycles. The molecule has 1 unspecified atom stereocenters. The Morgan fingerprint density at radius 1 is 1.55 bits per heavy atom. The molecule has 3 heterocycles. The number of hydrogen-bond donors (Lipinski definition) is 1. The predicted octanol–water partition coefficient (Wildman–Crippen LogP) is 2.05. The van der Waals surface area contributed by atoms with Crippen LogP contribution in [0.25, 0.3) is 0 Å². The van der Waals surface area contributed by atoms with Crippen molar-refractivity contribution in [1.29, 1.82) is 5.26 Å². The predicted molar refractivity (Wildman–Crippen MR) is 73.9 cm³/mol. The van der Waals surface area contributed by atoms with Gasteiger partial charge in [-0.3, -0.25) is 0 Å². The Morgan fingerprint density at radius 3 is 3.25 bits per heavy atom. The van der Waals surface area contributed by atoms with Crippen LogP contribution in [0.1, 0.15) is 43.0 Å². The van der Waals surface area contributed by atoms with Gasteiger partial charge in [0.25, 0.3) is 0 Å². The first-order valence-corrected chi connectivity index (χ1v) is 6.87. The van der Waals surface area contributed by atoms with Gasteiger partial charge in [0.2, 0.25) is 0 Å². The fourth-order valence-corrected chi connectivity index (χ4v) is 2.46. The topological polar surface area (TPSA) is 79.4 Å². The third-order valence-corrected chi connectivity index (χ3v) is 3.47. The van der Waals surface area contributed by atoms with Crippen LogP contribution in [-0.4, -0.2) is 19.7 Å². The first-order valence-electron chi connectivity index (χ1n) is 6.87. The molecule has 0 fully saturated rings. The summed E-state index contributed by atoms with van der Waals surface area (Å²) in [6.07, 6.45) is 4.54. The summed E-state index contributed by atoms with van der Waals surface area (Å²) in [5, 5.41) is 16.9. The van der Waals surface area contributed by atoms with Crippen molar-refractivity contribution in [2.24, 2.45) is 0 Å². The van der Waals surface area contributed by atoms with Crippen molar-refractivity contribution in [3.05, 3.63) is 35.5 Å². The Bertz CT molecular complexity index is 654. The van der Waals surface area contributed by atoms with E-state index in [1.807, 2.05) is 4.68 Å². The zero-order chi connectivity index (χ0) is 13.9. The highest BCUT2D eigenvalue weighted by atomic mass is 15.4. The van der Waals surface area contributed by atoms with Gasteiger partial charge in [0.15, 0.2) is 5.82 Å². The van der Waals surface area contributed by atoms with Crippen LogP contribution in [0.5, 0.6) is 0 Å². The molecule has 0 bridgehead atoms. The van der Waals surface area contributed by atoms with Crippen molar-refractivity contribution in [2.75, 3.05) is 5.32 Å². The second kappa shape index (κ2) is 5.29. The SMILES string of the molecule is CCc1nc2n(n1)CCCC2Nc1ncccc1C#N. The molecule has 6 nitrogen and oxygen atoms in total. The van der Waals surface area contributed by atoms with E-state index in [9.17, 15) is 0 Å². The lowest BCUT2D eigenvalue weighted by molar-refractivity contribution is 0.436. The summed E-state index contributed by atoms with van der Waals surface area (Å²) in [6, 6.07) is 5.76. The van der Waals surface area contributed by atoms with E-state index in [1.165, 1.54) is 0 Å². The smallest absolute Gasteiger partial charge is 0.150 e. The number of nitrogens with one attached hydrogen (secondary N) is 1. The Kier molecular flexibility index (Phi) is 3.33. The van der Waals surface area contributed by atoms with Crippen molar-refractivity contribution in [1.82, 2.24) is 19.7 Å². The van der Waals surface area contributed by atoms with E-state index >= 15 is 0 Å². The number of aryl methyl sites for hydroxylation is 2. The highest BCUT2D eigenvalue weighted by Gasteiger charge is 2.24. The van der Waals surface area contributed by atoms with Gasteiger partial charge in [0.1, 0.15) is 17.7 Å². The summed E-state index contributed by atoms with van der Waals surface area (Å²) in [6.45, 7) is 2.96. The molecule has 1 atom stereocenters. The molecule has 0 amide bonds. The summed E-state index contributed by atoms with van der Waals surface area (Å²) in [5.74, 6) is 2.44. The van der Waals surface area contributed by atoms with Crippen LogP contribution in [0.15, 0.2) is 18.3 Å². The average Bonchev–Trinajstić information content (AvgIpc) is 2.92. The van der Waals surface area contributed by atoms with E-state index in [0.29, 0.717) is 11.4 Å². The van der Waals surface area contributed by atoms with Crippen molar-refractivity contribution >= 4 is 5.82 Å². The molecule has 0 saturated heterocycles. The molecule has 3 rings (SSSR count). The number of nitriles is 1. The number of rotatable bonds is 3. The van der Waals surface area contributed by atoms with E-state index in [-0.39, 0.29) is 6.04 Å². The van der Waals surface area contributed by atoms with Crippen molar-refractivity contribution in [2.45, 2.75) is 38.8 Å². The van der Waals surface area contributed by atoms with Gasteiger partial charge in [-0.05, 0) is 25.0 Å². The van der Waals surface area contributed by atoms with Crippen LogP contribution >= 0.6 is 0 Å². The molecule has 1 N–H and O–H groups in total. The van der Waals surface area contributed by atoms with Crippen molar-refractivity contribution < 1.29 is 0 Å². The van der Waals surface area contributed by atoms with Gasteiger partial charge in [0.05, 0.1) is 11.6 Å². The summed E-state index contributed by atoms with van der Waals surface area (Å²) < 4.78 is 1.97. The Morgan fingerprint density at radius 2 is 2.45 bits per heavy atom. The Hall–Kier alpha value is -2.42. The van der Waals surface area contributed by atoms with Crippen LogP contribution in [-0.2, 0) is 13.0 Å². The third-order valence-electron chi connectivity index (χ3n) is 3.47. The molecule has 6 heteroatoms. The molecular formula is C14H16N6. The maximum absolute atomic E-state index is 9.12. The maximum atomic E-state index is 9.12. The van der Waals surface area contributed by atoms with Crippen LogP contribution in [0, 0.1) is 11.3 Å². The van der Waals surface area contributed by atoms with Crippen LogP contribution in [0.3, 0.4) is 0 Å². The lowest BCUT2D eigenvalue weighted by atomic mass is 10.1. The largest absolute Gasteiger partial charge is 0.359 e. The lowest BCUT2D eigenvalue weighted by Crippen LogP contribution is -2.23. The molecule has 2 aromatic heterocycles. The number of anilines is 1. The van der Waals surface area contributed by atoms with E-state index in [4.69, 9.17) is 5.26 Å². The number of pyridine rings is 1. The summed E-state index contributed by atoms with van der Waals surface area (Å²) in [5.41, 5.74) is 0.555. The first-order chi connectivity index (χ1) is 9.81. The lowest BCUT2D eigenvalue weighted by Gasteiger charge is -2.23. The van der Waals surface area contributed by atoms with E-state index in [0.717, 1.165) is 37.5 Å². The molecule has 102 valence electrons. The van der Waals surface area contributed by atoms with Crippen LogP contribution in [0.4, 0.5) is 5.82 Å². The van der Waals surface area contributed by atoms with Gasteiger partial charge in [-0.1, -0.05) is 6.92 Å². The molecule has 0 radical (unpaired) electrons. The Labute approximate surface area is 117 Å². The number of hydrogen-bond acceptors (Lipinski definition) is 5. The third kappa shape index (κ3) is 2.23. The standard InChI is InChI=1S/C14H16N6/c1-2-12-18-14-11(6-4-8-20(14)19-12)17-13-10(9-15)5-3-7-16-13/h3,5,7,11H,2,4,6,8H2,1H3,(H,16,17). The van der Waals surface area contributed by atoms with Crippen molar-refractivity contribution in [3.63, 3.8) is 0 Å². The van der Waals surface area contributed by atoms with Crippen LogP contribution in [0.2, 0.25) is 0 Å². The number of fused-ring (bicyclic) bond motifs is 1. The fourth-order valence-electron chi connectivity index (χ4n) is 2.46. The van der Waals surface area contributed by atoms with E-state index in [1.54, 1.807) is 18.3 Å². The van der Waals surface area contributed by atoms with E-state index < -0.39 is 0 Å². The van der Waals surface area contributed by atoms with E-state index in [2.05, 4.69) is 33.4 Å². The molecule has 1 aliphatic rings. The number of nitrogens with zero attached hydrogens (tertiary/aromatic N) is 5. The normalized spacial score (nSPS) is 17.3. The van der Waals surface area contributed by atoms with Gasteiger partial charge >= 0.3 is 0 Å². The highest BCUT2D eigenvalue weighted by Crippen LogP contribution is 2.27. The molecule has 0 aliphatic carbocycles. The zero-order valence-corrected chi connectivity index (χ0v) is 11.4. The minimum absolute atomic E-state index is 0.0681. The first kappa shape index (κ1) is 12.6.